The van der Waals surface area contributed by atoms with Crippen LogP contribution in [0.4, 0.5) is 0 Å². The summed E-state index contributed by atoms with van der Waals surface area (Å²) in [7, 11) is 0. The first-order valence-corrected chi connectivity index (χ1v) is 10.9. The summed E-state index contributed by atoms with van der Waals surface area (Å²) in [5.41, 5.74) is 3.21. The quantitative estimate of drug-likeness (QED) is 0.259. The third kappa shape index (κ3) is 4.04. The second kappa shape index (κ2) is 9.37. The zero-order valence-corrected chi connectivity index (χ0v) is 18.6. The fourth-order valence-electron chi connectivity index (χ4n) is 4.07. The summed E-state index contributed by atoms with van der Waals surface area (Å²) < 4.78 is 7.32. The third-order valence-corrected chi connectivity index (χ3v) is 5.81. The van der Waals surface area contributed by atoms with Crippen molar-refractivity contribution in [2.45, 2.75) is 25.2 Å². The van der Waals surface area contributed by atoms with Gasteiger partial charge in [-0.25, -0.2) is 9.50 Å². The van der Waals surface area contributed by atoms with Gasteiger partial charge in [0.05, 0.1) is 18.5 Å². The lowest BCUT2D eigenvalue weighted by Gasteiger charge is -2.31. The molecule has 5 nitrogen and oxygen atoms in total. The van der Waals surface area contributed by atoms with Crippen LogP contribution >= 0.6 is 11.6 Å². The van der Waals surface area contributed by atoms with Crippen molar-refractivity contribution in [2.75, 3.05) is 6.61 Å². The Morgan fingerprint density at radius 1 is 1.16 bits per heavy atom. The van der Waals surface area contributed by atoms with Gasteiger partial charge >= 0.3 is 5.97 Å². The number of nitrogens with zero attached hydrogens (tertiary/aromatic N) is 3. The number of aromatic nitrogens is 3. The zero-order chi connectivity index (χ0) is 22.6. The van der Waals surface area contributed by atoms with Gasteiger partial charge in [-0.3, -0.25) is 4.79 Å². The molecule has 0 saturated carbocycles. The summed E-state index contributed by atoms with van der Waals surface area (Å²) in [6.07, 6.45) is 6.09. The van der Waals surface area contributed by atoms with Gasteiger partial charge in [0.2, 0.25) is 0 Å². The predicted octanol–water partition coefficient (Wildman–Crippen LogP) is 5.67. The van der Waals surface area contributed by atoms with Gasteiger partial charge in [0.1, 0.15) is 5.41 Å². The summed E-state index contributed by atoms with van der Waals surface area (Å²) in [4.78, 5) is 18.0. The van der Waals surface area contributed by atoms with Crippen LogP contribution in [0.25, 0.3) is 16.8 Å². The van der Waals surface area contributed by atoms with E-state index in [1.807, 2.05) is 67.6 Å². The van der Waals surface area contributed by atoms with Gasteiger partial charge in [0.15, 0.2) is 5.65 Å². The number of allylic oxidation sites excluding steroid dienone is 1. The van der Waals surface area contributed by atoms with Crippen LogP contribution in [0.15, 0.2) is 85.7 Å². The molecule has 6 heteroatoms. The molecule has 0 bridgehead atoms. The highest BCUT2D eigenvalue weighted by Crippen LogP contribution is 2.36. The summed E-state index contributed by atoms with van der Waals surface area (Å²) in [6.45, 7) is 6.03. The number of ether oxygens (including phenoxy) is 1. The molecule has 162 valence electrons. The van der Waals surface area contributed by atoms with E-state index in [0.29, 0.717) is 29.2 Å². The minimum absolute atomic E-state index is 0.288. The normalized spacial score (nSPS) is 12.9. The second-order valence-electron chi connectivity index (χ2n) is 7.59. The van der Waals surface area contributed by atoms with Crippen molar-refractivity contribution in [3.8, 4) is 11.1 Å². The minimum Gasteiger partial charge on any atom is -0.465 e. The molecule has 2 aromatic heterocycles. The standard InChI is InChI=1S/C26H24ClN3O2/c1-3-15-26(25(31)32-4-2,17-19-8-6-5-7-9-19)23-14-16-28-24-22(18-29-30(23)24)20-10-12-21(27)13-11-20/h3,5-14,16,18H,1,4,15,17H2,2H3. The first-order chi connectivity index (χ1) is 15.6. The molecule has 32 heavy (non-hydrogen) atoms. The van der Waals surface area contributed by atoms with Crippen molar-refractivity contribution < 1.29 is 9.53 Å². The molecule has 4 aromatic rings. The summed E-state index contributed by atoms with van der Waals surface area (Å²) >= 11 is 6.06. The SMILES string of the molecule is C=CCC(Cc1ccccc1)(C(=O)OCC)c1ccnc2c(-c3ccc(Cl)cc3)cnn12. The molecule has 0 spiro atoms. The molecule has 0 aliphatic carbocycles. The van der Waals surface area contributed by atoms with Crippen molar-refractivity contribution in [3.05, 3.63) is 102 Å². The van der Waals surface area contributed by atoms with Gasteiger partial charge in [0, 0.05) is 16.8 Å². The Balaban J connectivity index is 1.92. The Labute approximate surface area is 192 Å². The molecule has 0 aliphatic heterocycles. The first-order valence-electron chi connectivity index (χ1n) is 10.5. The Hall–Kier alpha value is -3.44. The molecule has 0 radical (unpaired) electrons. The van der Waals surface area contributed by atoms with Gasteiger partial charge in [-0.05, 0) is 49.1 Å². The smallest absolute Gasteiger partial charge is 0.318 e. The molecule has 4 rings (SSSR count). The van der Waals surface area contributed by atoms with E-state index in [1.165, 1.54) is 0 Å². The number of halogens is 1. The molecule has 2 aromatic carbocycles. The van der Waals surface area contributed by atoms with Crippen molar-refractivity contribution in [2.24, 2.45) is 0 Å². The lowest BCUT2D eigenvalue weighted by molar-refractivity contribution is -0.150. The summed E-state index contributed by atoms with van der Waals surface area (Å²) in [5, 5.41) is 5.29. The minimum atomic E-state index is -0.996. The van der Waals surface area contributed by atoms with Crippen molar-refractivity contribution in [1.82, 2.24) is 14.6 Å². The van der Waals surface area contributed by atoms with E-state index in [4.69, 9.17) is 16.3 Å². The molecule has 0 aliphatic rings. The Bertz CT molecular complexity index is 1240. The van der Waals surface area contributed by atoms with E-state index < -0.39 is 5.41 Å². The van der Waals surface area contributed by atoms with Crippen LogP contribution in [0.3, 0.4) is 0 Å². The molecule has 0 amide bonds. The van der Waals surface area contributed by atoms with Gasteiger partial charge in [-0.1, -0.05) is 60.1 Å². The van der Waals surface area contributed by atoms with Crippen LogP contribution in [-0.2, 0) is 21.4 Å². The lowest BCUT2D eigenvalue weighted by atomic mass is 9.75. The maximum absolute atomic E-state index is 13.5. The van der Waals surface area contributed by atoms with E-state index in [0.717, 1.165) is 16.7 Å². The lowest BCUT2D eigenvalue weighted by Crippen LogP contribution is -2.41. The molecule has 2 heterocycles. The topological polar surface area (TPSA) is 56.5 Å². The monoisotopic (exact) mass is 445 g/mol. The summed E-state index contributed by atoms with van der Waals surface area (Å²) in [5.74, 6) is -0.306. The molecular weight excluding hydrogens is 422 g/mol. The van der Waals surface area contributed by atoms with Gasteiger partial charge in [-0.2, -0.15) is 5.10 Å². The Morgan fingerprint density at radius 3 is 2.59 bits per heavy atom. The van der Waals surface area contributed by atoms with Crippen LogP contribution in [0.2, 0.25) is 5.02 Å². The number of benzene rings is 2. The van der Waals surface area contributed by atoms with Crippen molar-refractivity contribution >= 4 is 23.2 Å². The Kier molecular flexibility index (Phi) is 6.37. The number of esters is 1. The maximum atomic E-state index is 13.5. The molecule has 0 N–H and O–H groups in total. The predicted molar refractivity (Wildman–Crippen MR) is 127 cm³/mol. The average Bonchev–Trinajstić information content (AvgIpc) is 3.24. The molecule has 0 fully saturated rings. The van der Waals surface area contributed by atoms with E-state index in [2.05, 4.69) is 16.7 Å². The number of hydrogen-bond donors (Lipinski definition) is 0. The third-order valence-electron chi connectivity index (χ3n) is 5.55. The van der Waals surface area contributed by atoms with Crippen LogP contribution in [-0.4, -0.2) is 27.2 Å². The number of rotatable bonds is 8. The van der Waals surface area contributed by atoms with Gasteiger partial charge in [0.25, 0.3) is 0 Å². The number of carbonyl (C=O) groups is 1. The van der Waals surface area contributed by atoms with E-state index in [9.17, 15) is 4.79 Å². The molecule has 1 atom stereocenters. The average molecular weight is 446 g/mol. The number of hydrogen-bond acceptors (Lipinski definition) is 4. The molecule has 0 saturated heterocycles. The molecular formula is C26H24ClN3O2. The fourth-order valence-corrected chi connectivity index (χ4v) is 4.20. The highest BCUT2D eigenvalue weighted by atomic mass is 35.5. The van der Waals surface area contributed by atoms with Crippen LogP contribution in [0.5, 0.6) is 0 Å². The van der Waals surface area contributed by atoms with E-state index in [1.54, 1.807) is 23.0 Å². The first kappa shape index (κ1) is 21.8. The van der Waals surface area contributed by atoms with Crippen LogP contribution in [0, 0.1) is 0 Å². The highest BCUT2D eigenvalue weighted by molar-refractivity contribution is 6.30. The Morgan fingerprint density at radius 2 is 1.91 bits per heavy atom. The largest absolute Gasteiger partial charge is 0.465 e. The van der Waals surface area contributed by atoms with Gasteiger partial charge in [-0.15, -0.1) is 6.58 Å². The van der Waals surface area contributed by atoms with E-state index in [-0.39, 0.29) is 12.6 Å². The highest BCUT2D eigenvalue weighted by Gasteiger charge is 2.43. The van der Waals surface area contributed by atoms with Crippen LogP contribution in [0.1, 0.15) is 24.6 Å². The zero-order valence-electron chi connectivity index (χ0n) is 17.9. The number of carbonyl (C=O) groups excluding carboxylic acids is 1. The molecule has 1 unspecified atom stereocenters. The second-order valence-corrected chi connectivity index (χ2v) is 8.02. The van der Waals surface area contributed by atoms with Gasteiger partial charge < -0.3 is 4.74 Å². The van der Waals surface area contributed by atoms with E-state index >= 15 is 0 Å². The maximum Gasteiger partial charge on any atom is 0.318 e. The van der Waals surface area contributed by atoms with Crippen molar-refractivity contribution in [1.29, 1.82) is 0 Å². The fraction of sp³-hybridized carbons (Fsp3) is 0.192. The van der Waals surface area contributed by atoms with Crippen molar-refractivity contribution in [3.63, 3.8) is 0 Å². The number of fused-ring (bicyclic) bond motifs is 1. The summed E-state index contributed by atoms with van der Waals surface area (Å²) in [6, 6.07) is 19.3. The van der Waals surface area contributed by atoms with Crippen LogP contribution < -0.4 is 0 Å².